The largest absolute Gasteiger partial charge is 0.427 e. The van der Waals surface area contributed by atoms with Crippen LogP contribution in [0.4, 0.5) is 5.69 Å². The number of benzene rings is 2. The number of carbonyl (C=O) groups is 3. The van der Waals surface area contributed by atoms with E-state index in [9.17, 15) is 14.4 Å². The van der Waals surface area contributed by atoms with Crippen LogP contribution in [0.5, 0.6) is 5.75 Å². The third kappa shape index (κ3) is 3.75. The van der Waals surface area contributed by atoms with Crippen LogP contribution >= 0.6 is 0 Å². The number of nitrogens with zero attached hydrogens (tertiary/aromatic N) is 1. The average Bonchev–Trinajstić information content (AvgIpc) is 2.60. The van der Waals surface area contributed by atoms with Crippen molar-refractivity contribution in [1.82, 2.24) is 0 Å². The molecule has 0 radical (unpaired) electrons. The van der Waals surface area contributed by atoms with Crippen LogP contribution in [0.25, 0.3) is 0 Å². The Hall–Kier alpha value is -3.54. The summed E-state index contributed by atoms with van der Waals surface area (Å²) in [5.74, 6) is -0.991. The topological polar surface area (TPSA) is 82.0 Å². The molecule has 2 aromatic carbocycles. The lowest BCUT2D eigenvalue weighted by Gasteiger charge is -2.16. The minimum Gasteiger partial charge on any atom is -0.427 e. The molecule has 0 bridgehead atoms. The van der Waals surface area contributed by atoms with E-state index in [2.05, 4.69) is 4.99 Å². The number of esters is 2. The van der Waals surface area contributed by atoms with Gasteiger partial charge in [-0.15, -0.1) is 0 Å². The first-order valence-corrected chi connectivity index (χ1v) is 7.85. The molecule has 2 aromatic rings. The number of hydrogen-bond acceptors (Lipinski definition) is 6. The first-order valence-electron chi connectivity index (χ1n) is 7.85. The van der Waals surface area contributed by atoms with Crippen molar-refractivity contribution in [1.29, 1.82) is 0 Å². The highest BCUT2D eigenvalue weighted by molar-refractivity contribution is 6.26. The molecular formula is C20H15NO5. The second-order valence-electron chi connectivity index (χ2n) is 5.56. The molecule has 0 unspecified atom stereocenters. The normalized spacial score (nSPS) is 14.5. The van der Waals surface area contributed by atoms with E-state index in [4.69, 9.17) is 9.47 Å². The van der Waals surface area contributed by atoms with Crippen molar-refractivity contribution in [3.63, 3.8) is 0 Å². The van der Waals surface area contributed by atoms with Crippen LogP contribution in [-0.2, 0) is 14.3 Å². The maximum Gasteiger partial charge on any atom is 0.308 e. The summed E-state index contributed by atoms with van der Waals surface area (Å²) in [6.07, 6.45) is 1.45. The molecule has 0 aromatic heterocycles. The summed E-state index contributed by atoms with van der Waals surface area (Å²) in [4.78, 5) is 39.2. The average molecular weight is 349 g/mol. The van der Waals surface area contributed by atoms with E-state index in [1.165, 1.54) is 19.9 Å². The van der Waals surface area contributed by atoms with E-state index in [1.807, 2.05) is 0 Å². The maximum absolute atomic E-state index is 12.4. The van der Waals surface area contributed by atoms with Crippen LogP contribution in [0, 0.1) is 0 Å². The first kappa shape index (κ1) is 17.3. The van der Waals surface area contributed by atoms with Gasteiger partial charge in [-0.25, -0.2) is 4.99 Å². The molecule has 0 heterocycles. The molecule has 1 aliphatic carbocycles. The number of ketones is 1. The highest BCUT2D eigenvalue weighted by atomic mass is 16.5. The summed E-state index contributed by atoms with van der Waals surface area (Å²) in [5, 5.41) is 0. The predicted molar refractivity (Wildman–Crippen MR) is 94.6 cm³/mol. The number of carbonyl (C=O) groups excluding carboxylic acids is 3. The second kappa shape index (κ2) is 7.14. The summed E-state index contributed by atoms with van der Waals surface area (Å²) >= 11 is 0. The zero-order chi connectivity index (χ0) is 18.7. The summed E-state index contributed by atoms with van der Waals surface area (Å²) in [7, 11) is 0. The van der Waals surface area contributed by atoms with Gasteiger partial charge in [0.2, 0.25) is 5.78 Å². The van der Waals surface area contributed by atoms with Gasteiger partial charge in [0.05, 0.1) is 11.4 Å². The summed E-state index contributed by atoms with van der Waals surface area (Å²) in [6.45, 7) is 2.56. The molecule has 0 aliphatic heterocycles. The number of fused-ring (bicyclic) bond motifs is 1. The summed E-state index contributed by atoms with van der Waals surface area (Å²) < 4.78 is 10.0. The van der Waals surface area contributed by atoms with E-state index >= 15 is 0 Å². The Balaban J connectivity index is 2.01. The van der Waals surface area contributed by atoms with Crippen molar-refractivity contribution < 1.29 is 23.9 Å². The number of rotatable bonds is 3. The molecule has 0 atom stereocenters. The van der Waals surface area contributed by atoms with Gasteiger partial charge in [-0.2, -0.15) is 0 Å². The fraction of sp³-hybridized carbons (Fsp3) is 0.100. The van der Waals surface area contributed by atoms with Gasteiger partial charge in [0, 0.05) is 31.1 Å². The molecule has 0 N–H and O–H groups in total. The van der Waals surface area contributed by atoms with E-state index in [0.29, 0.717) is 28.3 Å². The number of hydrogen-bond donors (Lipinski definition) is 0. The molecule has 130 valence electrons. The van der Waals surface area contributed by atoms with Gasteiger partial charge >= 0.3 is 11.9 Å². The van der Waals surface area contributed by atoms with E-state index in [1.54, 1.807) is 48.5 Å². The van der Waals surface area contributed by atoms with Gasteiger partial charge in [0.25, 0.3) is 0 Å². The number of Topliss-reactive ketones (excluding diaryl/α,β-unsaturated/α-hetero) is 1. The maximum atomic E-state index is 12.4. The van der Waals surface area contributed by atoms with Crippen LogP contribution in [0.3, 0.4) is 0 Å². The fourth-order valence-electron chi connectivity index (χ4n) is 2.52. The summed E-state index contributed by atoms with van der Waals surface area (Å²) in [5.41, 5.74) is 2.16. The molecule has 6 nitrogen and oxygen atoms in total. The first-order chi connectivity index (χ1) is 12.4. The number of aliphatic imine (C=N–C) groups is 1. The minimum absolute atomic E-state index is 0.0634. The van der Waals surface area contributed by atoms with E-state index < -0.39 is 11.9 Å². The lowest BCUT2D eigenvalue weighted by atomic mass is 9.93. The second-order valence-corrected chi connectivity index (χ2v) is 5.56. The van der Waals surface area contributed by atoms with Gasteiger partial charge in [-0.05, 0) is 24.3 Å². The Morgan fingerprint density at radius 3 is 2.08 bits per heavy atom. The van der Waals surface area contributed by atoms with Gasteiger partial charge in [-0.1, -0.05) is 24.3 Å². The van der Waals surface area contributed by atoms with E-state index in [-0.39, 0.29) is 11.5 Å². The molecule has 1 aliphatic rings. The van der Waals surface area contributed by atoms with Crippen LogP contribution in [0.2, 0.25) is 0 Å². The highest BCUT2D eigenvalue weighted by Crippen LogP contribution is 2.26. The quantitative estimate of drug-likeness (QED) is 0.627. The highest BCUT2D eigenvalue weighted by Gasteiger charge is 2.26. The van der Waals surface area contributed by atoms with Crippen molar-refractivity contribution in [3.05, 3.63) is 71.5 Å². The Morgan fingerprint density at radius 1 is 0.846 bits per heavy atom. The standard InChI is InChI=1S/C20H15NO5/c1-12(22)25-15-9-7-14(8-10-15)21-18-11-19(26-13(2)23)20(24)17-6-4-3-5-16(17)18/h3-11H,1-2H3. The monoisotopic (exact) mass is 349 g/mol. The molecule has 0 saturated heterocycles. The molecule has 6 heteroatoms. The Bertz CT molecular complexity index is 954. The Kier molecular flexibility index (Phi) is 4.75. The van der Waals surface area contributed by atoms with Crippen molar-refractivity contribution in [2.24, 2.45) is 4.99 Å². The molecule has 0 spiro atoms. The zero-order valence-electron chi connectivity index (χ0n) is 14.2. The molecule has 0 saturated carbocycles. The minimum atomic E-state index is -0.575. The SMILES string of the molecule is CC(=O)OC1=CC(=Nc2ccc(OC(C)=O)cc2)c2ccccc2C1=O. The van der Waals surface area contributed by atoms with Crippen molar-refractivity contribution >= 4 is 29.1 Å². The molecule has 0 amide bonds. The number of allylic oxidation sites excluding steroid dienone is 2. The van der Waals surface area contributed by atoms with E-state index in [0.717, 1.165) is 0 Å². The Labute approximate surface area is 149 Å². The lowest BCUT2D eigenvalue weighted by Crippen LogP contribution is -2.20. The van der Waals surface area contributed by atoms with Gasteiger partial charge < -0.3 is 9.47 Å². The lowest BCUT2D eigenvalue weighted by molar-refractivity contribution is -0.136. The van der Waals surface area contributed by atoms with Crippen LogP contribution < -0.4 is 4.74 Å². The number of ether oxygens (including phenoxy) is 2. The van der Waals surface area contributed by atoms with Crippen LogP contribution in [-0.4, -0.2) is 23.4 Å². The Morgan fingerprint density at radius 2 is 1.46 bits per heavy atom. The van der Waals surface area contributed by atoms with Crippen molar-refractivity contribution in [3.8, 4) is 5.75 Å². The summed E-state index contributed by atoms with van der Waals surface area (Å²) in [6, 6.07) is 13.6. The van der Waals surface area contributed by atoms with Crippen LogP contribution in [0.1, 0.15) is 29.8 Å². The zero-order valence-corrected chi connectivity index (χ0v) is 14.2. The van der Waals surface area contributed by atoms with Crippen LogP contribution in [0.15, 0.2) is 65.4 Å². The van der Waals surface area contributed by atoms with Crippen molar-refractivity contribution in [2.45, 2.75) is 13.8 Å². The third-order valence-electron chi connectivity index (χ3n) is 3.54. The molecule has 26 heavy (non-hydrogen) atoms. The van der Waals surface area contributed by atoms with Gasteiger partial charge in [0.15, 0.2) is 5.76 Å². The third-order valence-corrected chi connectivity index (χ3v) is 3.54. The smallest absolute Gasteiger partial charge is 0.308 e. The van der Waals surface area contributed by atoms with Crippen molar-refractivity contribution in [2.75, 3.05) is 0 Å². The van der Waals surface area contributed by atoms with Gasteiger partial charge in [-0.3, -0.25) is 14.4 Å². The fourth-order valence-corrected chi connectivity index (χ4v) is 2.52. The molecule has 3 rings (SSSR count). The van der Waals surface area contributed by atoms with Gasteiger partial charge in [0.1, 0.15) is 5.75 Å². The predicted octanol–water partition coefficient (Wildman–Crippen LogP) is 3.38. The molecule has 0 fully saturated rings. The molecular weight excluding hydrogens is 334 g/mol.